The molecule has 0 spiro atoms. The minimum absolute atomic E-state index is 0.0240. The Morgan fingerprint density at radius 1 is 0.389 bits per heavy atom. The number of allylic oxidation sites excluding steroid dienone is 13. The van der Waals surface area contributed by atoms with Gasteiger partial charge in [-0.1, -0.05) is 324 Å². The van der Waals surface area contributed by atoms with E-state index in [1.54, 1.807) is 0 Å². The molecular weight excluding hydrogens is 1130 g/mol. The van der Waals surface area contributed by atoms with Crippen LogP contribution in [0.25, 0.3) is 0 Å². The van der Waals surface area contributed by atoms with Crippen LogP contribution >= 0.6 is 7.82 Å². The van der Waals surface area contributed by atoms with E-state index < -0.39 is 20.0 Å². The Hall–Kier alpha value is -2.81. The highest BCUT2D eigenvalue weighted by molar-refractivity contribution is 7.45. The van der Waals surface area contributed by atoms with Gasteiger partial charge in [0.2, 0.25) is 5.91 Å². The van der Waals surface area contributed by atoms with Crippen molar-refractivity contribution in [2.45, 2.75) is 373 Å². The molecule has 524 valence electrons. The average Bonchev–Trinajstić information content (AvgIpc) is 3.04. The van der Waals surface area contributed by atoms with Crippen molar-refractivity contribution in [3.8, 4) is 0 Å². The molecule has 90 heavy (non-hydrogen) atoms. The fraction of sp³-hybridized carbons (Fsp3) is 0.800. The van der Waals surface area contributed by atoms with E-state index in [1.807, 2.05) is 33.3 Å². The molecule has 1 N–H and O–H groups in total. The molecule has 3 atom stereocenters. The number of quaternary nitrogens is 1. The number of phosphoric ester groups is 1. The molecule has 0 bridgehead atoms. The Morgan fingerprint density at radius 2 is 0.678 bits per heavy atom. The third kappa shape index (κ3) is 69.5. The largest absolute Gasteiger partial charge is 0.756 e. The Kier molecular flexibility index (Phi) is 66.9. The van der Waals surface area contributed by atoms with Crippen molar-refractivity contribution in [1.29, 1.82) is 0 Å². The van der Waals surface area contributed by atoms with Gasteiger partial charge in [-0.25, -0.2) is 0 Å². The fourth-order valence-electron chi connectivity index (χ4n) is 11.1. The maximum Gasteiger partial charge on any atom is 0.306 e. The molecule has 1 amide bonds. The van der Waals surface area contributed by atoms with Crippen LogP contribution in [0.4, 0.5) is 0 Å². The van der Waals surface area contributed by atoms with Gasteiger partial charge in [0, 0.05) is 12.8 Å². The van der Waals surface area contributed by atoms with Crippen molar-refractivity contribution in [3.05, 3.63) is 85.1 Å². The van der Waals surface area contributed by atoms with Crippen LogP contribution in [0.1, 0.15) is 361 Å². The molecule has 0 rings (SSSR count). The number of amides is 1. The van der Waals surface area contributed by atoms with E-state index in [2.05, 4.69) is 99.0 Å². The SMILES string of the molecule is CCCCC/C=C\C/C=C\C/C=C\CCCCCCCCCCCCCCCCC(=O)NC(COP(=O)([O-])OCC[N+](C)(C)C)C(/C=C/CCCCCCCCCCCC)OC(=O)CCCCCCCCCCCCCC/C=C\C/C=C\C/C=C\CCCCC. The molecule has 0 radical (unpaired) electrons. The second-order valence-electron chi connectivity index (χ2n) is 27.1. The van der Waals surface area contributed by atoms with Crippen LogP contribution in [0.15, 0.2) is 85.1 Å². The number of rotatable bonds is 70. The Balaban J connectivity index is 4.97. The van der Waals surface area contributed by atoms with Crippen LogP contribution in [0.2, 0.25) is 0 Å². The van der Waals surface area contributed by atoms with Gasteiger partial charge >= 0.3 is 5.97 Å². The molecule has 0 aliphatic carbocycles. The summed E-state index contributed by atoms with van der Waals surface area (Å²) in [5.74, 6) is -0.533. The van der Waals surface area contributed by atoms with Gasteiger partial charge in [-0.05, 0) is 109 Å². The summed E-state index contributed by atoms with van der Waals surface area (Å²) in [5, 5.41) is 3.05. The van der Waals surface area contributed by atoms with Crippen molar-refractivity contribution >= 4 is 19.7 Å². The lowest BCUT2D eigenvalue weighted by Gasteiger charge is -2.30. The second kappa shape index (κ2) is 69.0. The topological polar surface area (TPSA) is 114 Å². The summed E-state index contributed by atoms with van der Waals surface area (Å²) in [6.45, 7) is 6.83. The van der Waals surface area contributed by atoms with Crippen LogP contribution in [-0.2, 0) is 27.9 Å². The molecule has 0 saturated heterocycles. The monoisotopic (exact) mass is 1280 g/mol. The van der Waals surface area contributed by atoms with Gasteiger partial charge in [-0.2, -0.15) is 0 Å². The highest BCUT2D eigenvalue weighted by atomic mass is 31.2. The Morgan fingerprint density at radius 3 is 1.03 bits per heavy atom. The van der Waals surface area contributed by atoms with E-state index in [0.29, 0.717) is 17.4 Å². The van der Waals surface area contributed by atoms with E-state index in [0.717, 1.165) is 83.5 Å². The maximum absolute atomic E-state index is 13.6. The number of nitrogens with zero attached hydrogens (tertiary/aromatic N) is 1. The smallest absolute Gasteiger partial charge is 0.306 e. The van der Waals surface area contributed by atoms with Gasteiger partial charge in [-0.15, -0.1) is 0 Å². The normalized spacial score (nSPS) is 13.9. The zero-order valence-corrected chi connectivity index (χ0v) is 61.0. The highest BCUT2D eigenvalue weighted by Gasteiger charge is 2.27. The van der Waals surface area contributed by atoms with E-state index in [4.69, 9.17) is 13.8 Å². The van der Waals surface area contributed by atoms with Crippen LogP contribution in [-0.4, -0.2) is 69.4 Å². The molecule has 0 aromatic heterocycles. The van der Waals surface area contributed by atoms with Crippen molar-refractivity contribution in [3.63, 3.8) is 0 Å². The first-order chi connectivity index (χ1) is 43.9. The molecule has 0 aliphatic heterocycles. The first-order valence-electron chi connectivity index (χ1n) is 38.4. The first-order valence-corrected chi connectivity index (χ1v) is 39.9. The number of nitrogens with one attached hydrogen (secondary N) is 1. The van der Waals surface area contributed by atoms with Gasteiger partial charge in [0.25, 0.3) is 7.82 Å². The predicted molar refractivity (Wildman–Crippen MR) is 390 cm³/mol. The number of hydrogen-bond acceptors (Lipinski definition) is 7. The second-order valence-corrected chi connectivity index (χ2v) is 28.6. The molecule has 0 aliphatic rings. The standard InChI is InChI=1S/C80H147N2O7P/c1-7-10-13-16-19-22-25-28-30-32-34-36-38-40-41-43-44-46-48-50-52-54-57-60-63-66-69-72-79(83)81-77(76-88-90(85,86)87-75-74-82(4,5)6)78(71-68-65-62-59-56-27-24-21-18-15-12-9-3)89-80(84)73-70-67-64-61-58-55-53-51-49-47-45-42-39-37-35-33-31-29-26-23-20-17-14-11-8-2/h19-20,22-23,28-31,34-37,68,71,77-78H,7-18,21,24-27,32-33,38-67,69-70,72-76H2,1-6H3,(H-,81,83,85,86)/b22-19-,23-20-,30-28-,31-29-,36-34-,37-35-,71-68+. The van der Waals surface area contributed by atoms with Gasteiger partial charge in [-0.3, -0.25) is 14.2 Å². The summed E-state index contributed by atoms with van der Waals surface area (Å²) in [6.07, 6.45) is 92.8. The molecule has 0 aromatic rings. The number of unbranched alkanes of at least 4 members (excludes halogenated alkanes) is 42. The highest BCUT2D eigenvalue weighted by Crippen LogP contribution is 2.38. The number of hydrogen-bond donors (Lipinski definition) is 1. The summed E-state index contributed by atoms with van der Waals surface area (Å²) < 4.78 is 30.5. The van der Waals surface area contributed by atoms with Crippen molar-refractivity contribution < 1.29 is 37.3 Å². The lowest BCUT2D eigenvalue weighted by atomic mass is 10.0. The number of phosphoric acid groups is 1. The Labute approximate surface area is 558 Å². The quantitative estimate of drug-likeness (QED) is 0.0212. The van der Waals surface area contributed by atoms with Crippen molar-refractivity contribution in [2.75, 3.05) is 40.9 Å². The first kappa shape index (κ1) is 87.2. The minimum Gasteiger partial charge on any atom is -0.756 e. The lowest BCUT2D eigenvalue weighted by Crippen LogP contribution is -2.47. The predicted octanol–water partition coefficient (Wildman–Crippen LogP) is 24.2. The number of esters is 1. The summed E-state index contributed by atoms with van der Waals surface area (Å²) in [7, 11) is 1.19. The van der Waals surface area contributed by atoms with E-state index >= 15 is 0 Å². The summed E-state index contributed by atoms with van der Waals surface area (Å²) in [6, 6.07) is -0.894. The van der Waals surface area contributed by atoms with Crippen LogP contribution in [0, 0.1) is 0 Å². The average molecular weight is 1280 g/mol. The molecule has 0 heterocycles. The van der Waals surface area contributed by atoms with Crippen LogP contribution in [0.5, 0.6) is 0 Å². The van der Waals surface area contributed by atoms with Crippen molar-refractivity contribution in [1.82, 2.24) is 5.32 Å². The van der Waals surface area contributed by atoms with Gasteiger partial charge in [0.1, 0.15) is 19.3 Å². The maximum atomic E-state index is 13.6. The zero-order valence-electron chi connectivity index (χ0n) is 60.1. The zero-order chi connectivity index (χ0) is 65.6. The van der Waals surface area contributed by atoms with Gasteiger partial charge in [0.05, 0.1) is 33.8 Å². The van der Waals surface area contributed by atoms with E-state index in [-0.39, 0.29) is 31.5 Å². The summed E-state index contributed by atoms with van der Waals surface area (Å²) >= 11 is 0. The third-order valence-corrected chi connectivity index (χ3v) is 18.0. The third-order valence-electron chi connectivity index (χ3n) is 17.0. The Bertz CT molecular complexity index is 1810. The van der Waals surface area contributed by atoms with Crippen LogP contribution < -0.4 is 10.2 Å². The molecule has 0 fully saturated rings. The number of likely N-dealkylation sites (N-methyl/N-ethyl adjacent to an activating group) is 1. The minimum atomic E-state index is -4.71. The van der Waals surface area contributed by atoms with E-state index in [9.17, 15) is 19.0 Å². The fourth-order valence-corrected chi connectivity index (χ4v) is 11.9. The molecule has 0 saturated carbocycles. The summed E-state index contributed by atoms with van der Waals surface area (Å²) in [5.41, 5.74) is 0. The molecule has 10 heteroatoms. The molecular formula is C80H147N2O7P. The molecule has 3 unspecified atom stereocenters. The number of carbonyl (C=O) groups is 2. The lowest BCUT2D eigenvalue weighted by molar-refractivity contribution is -0.870. The van der Waals surface area contributed by atoms with E-state index in [1.165, 1.54) is 244 Å². The van der Waals surface area contributed by atoms with Gasteiger partial charge in [0.15, 0.2) is 0 Å². The number of carbonyl (C=O) groups excluding carboxylic acids is 2. The molecule has 0 aromatic carbocycles. The van der Waals surface area contributed by atoms with Gasteiger partial charge < -0.3 is 28.5 Å². The molecule has 9 nitrogen and oxygen atoms in total. The summed E-state index contributed by atoms with van der Waals surface area (Å²) in [4.78, 5) is 40.3. The van der Waals surface area contributed by atoms with Crippen molar-refractivity contribution in [2.24, 2.45) is 0 Å². The number of ether oxygens (including phenoxy) is 1. The van der Waals surface area contributed by atoms with Crippen LogP contribution in [0.3, 0.4) is 0 Å².